The maximum atomic E-state index is 12.2. The van der Waals surface area contributed by atoms with Crippen LogP contribution in [0.4, 0.5) is 11.4 Å². The molecule has 154 valence electrons. The second-order valence-electron chi connectivity index (χ2n) is 7.05. The number of hydrogen-bond acceptors (Lipinski definition) is 4. The molecule has 6 heteroatoms. The molecule has 0 atom stereocenters. The molecule has 0 aromatic heterocycles. The van der Waals surface area contributed by atoms with E-state index in [-0.39, 0.29) is 11.8 Å². The molecule has 0 aliphatic carbocycles. The number of ether oxygens (including phenoxy) is 2. The summed E-state index contributed by atoms with van der Waals surface area (Å²) in [5.74, 6) is 1.69. The van der Waals surface area contributed by atoms with E-state index in [9.17, 15) is 9.59 Å². The highest BCUT2D eigenvalue weighted by Gasteiger charge is 2.23. The number of hydrogen-bond donors (Lipinski definition) is 1. The van der Waals surface area contributed by atoms with Crippen molar-refractivity contribution in [3.63, 3.8) is 0 Å². The van der Waals surface area contributed by atoms with Gasteiger partial charge >= 0.3 is 0 Å². The van der Waals surface area contributed by atoms with E-state index >= 15 is 0 Å². The first-order chi connectivity index (χ1) is 14.1. The molecule has 1 saturated heterocycles. The average molecular weight is 396 g/mol. The Morgan fingerprint density at radius 2 is 1.83 bits per heavy atom. The van der Waals surface area contributed by atoms with Gasteiger partial charge in [-0.2, -0.15) is 0 Å². The largest absolute Gasteiger partial charge is 0.494 e. The zero-order valence-electron chi connectivity index (χ0n) is 17.1. The lowest BCUT2D eigenvalue weighted by atomic mass is 10.1. The maximum Gasteiger partial charge on any atom is 0.227 e. The summed E-state index contributed by atoms with van der Waals surface area (Å²) in [5, 5.41) is 2.92. The first-order valence-electron chi connectivity index (χ1n) is 10.1. The summed E-state index contributed by atoms with van der Waals surface area (Å²) >= 11 is 0. The number of benzene rings is 2. The summed E-state index contributed by atoms with van der Waals surface area (Å²) in [6.45, 7) is 5.77. The van der Waals surface area contributed by atoms with Crippen molar-refractivity contribution in [2.45, 2.75) is 39.5 Å². The minimum Gasteiger partial charge on any atom is -0.494 e. The Labute approximate surface area is 171 Å². The number of anilines is 2. The van der Waals surface area contributed by atoms with Crippen LogP contribution < -0.4 is 19.7 Å². The van der Waals surface area contributed by atoms with E-state index in [0.29, 0.717) is 32.5 Å². The molecule has 0 spiro atoms. The lowest BCUT2D eigenvalue weighted by molar-refractivity contribution is -0.117. The van der Waals surface area contributed by atoms with Crippen LogP contribution in [0.2, 0.25) is 0 Å². The van der Waals surface area contributed by atoms with E-state index < -0.39 is 0 Å². The minimum atomic E-state index is -0.0512. The van der Waals surface area contributed by atoms with Crippen LogP contribution in [0.1, 0.15) is 38.2 Å². The van der Waals surface area contributed by atoms with Gasteiger partial charge in [-0.15, -0.1) is 0 Å². The third-order valence-electron chi connectivity index (χ3n) is 4.80. The van der Waals surface area contributed by atoms with Crippen LogP contribution in [0, 0.1) is 6.92 Å². The SMILES string of the molecule is CCOc1ccc(OCCCC(=O)Nc2ccc(N3CCCC3=O)c(C)c2)cc1. The molecule has 2 aromatic carbocycles. The van der Waals surface area contributed by atoms with Gasteiger partial charge < -0.3 is 19.7 Å². The fourth-order valence-electron chi connectivity index (χ4n) is 3.38. The molecule has 1 fully saturated rings. The Bertz CT molecular complexity index is 848. The topological polar surface area (TPSA) is 67.9 Å². The maximum absolute atomic E-state index is 12.2. The van der Waals surface area contributed by atoms with Gasteiger partial charge in [-0.1, -0.05) is 0 Å². The fourth-order valence-corrected chi connectivity index (χ4v) is 3.38. The second kappa shape index (κ2) is 9.96. The molecule has 1 heterocycles. The van der Waals surface area contributed by atoms with Crippen molar-refractivity contribution in [1.82, 2.24) is 0 Å². The molecule has 0 saturated carbocycles. The van der Waals surface area contributed by atoms with Crippen LogP contribution in [0.25, 0.3) is 0 Å². The minimum absolute atomic E-state index is 0.0512. The number of rotatable bonds is 9. The summed E-state index contributed by atoms with van der Waals surface area (Å²) in [5.41, 5.74) is 2.65. The van der Waals surface area contributed by atoms with Gasteiger partial charge in [-0.3, -0.25) is 9.59 Å². The van der Waals surface area contributed by atoms with Gasteiger partial charge in [0.1, 0.15) is 11.5 Å². The molecule has 1 aliphatic rings. The zero-order chi connectivity index (χ0) is 20.6. The molecule has 2 amide bonds. The summed E-state index contributed by atoms with van der Waals surface area (Å²) in [6.07, 6.45) is 2.51. The monoisotopic (exact) mass is 396 g/mol. The second-order valence-corrected chi connectivity index (χ2v) is 7.05. The quantitative estimate of drug-likeness (QED) is 0.641. The molecular weight excluding hydrogens is 368 g/mol. The van der Waals surface area contributed by atoms with E-state index in [0.717, 1.165) is 41.4 Å². The molecule has 0 unspecified atom stereocenters. The molecule has 0 bridgehead atoms. The van der Waals surface area contributed by atoms with E-state index in [1.165, 1.54) is 0 Å². The van der Waals surface area contributed by atoms with Gasteiger partial charge in [-0.25, -0.2) is 0 Å². The Morgan fingerprint density at radius 3 is 2.45 bits per heavy atom. The summed E-state index contributed by atoms with van der Waals surface area (Å²) in [6, 6.07) is 13.1. The molecular formula is C23H28N2O4. The molecule has 1 aliphatic heterocycles. The Hall–Kier alpha value is -3.02. The van der Waals surface area contributed by atoms with E-state index in [4.69, 9.17) is 9.47 Å². The molecule has 0 radical (unpaired) electrons. The number of carbonyl (C=O) groups is 2. The molecule has 6 nitrogen and oxygen atoms in total. The standard InChI is InChI=1S/C23H28N2O4/c1-3-28-19-9-11-20(12-10-19)29-15-5-6-22(26)24-18-8-13-21(17(2)16-18)25-14-4-7-23(25)27/h8-13,16H,3-7,14-15H2,1-2H3,(H,24,26). The van der Waals surface area contributed by atoms with Gasteiger partial charge in [-0.05, 0) is 74.7 Å². The summed E-state index contributed by atoms with van der Waals surface area (Å²) < 4.78 is 11.1. The van der Waals surface area contributed by atoms with Crippen LogP contribution in [-0.4, -0.2) is 31.6 Å². The van der Waals surface area contributed by atoms with Crippen molar-refractivity contribution < 1.29 is 19.1 Å². The Balaban J connectivity index is 1.42. The molecule has 3 rings (SSSR count). The van der Waals surface area contributed by atoms with Gasteiger partial charge in [0.25, 0.3) is 0 Å². The number of amides is 2. The van der Waals surface area contributed by atoms with E-state index in [1.807, 2.05) is 61.2 Å². The van der Waals surface area contributed by atoms with Crippen molar-refractivity contribution in [1.29, 1.82) is 0 Å². The molecule has 1 N–H and O–H groups in total. The normalized spacial score (nSPS) is 13.4. The average Bonchev–Trinajstić information content (AvgIpc) is 3.12. The van der Waals surface area contributed by atoms with Crippen LogP contribution in [0.5, 0.6) is 11.5 Å². The smallest absolute Gasteiger partial charge is 0.227 e. The fraction of sp³-hybridized carbons (Fsp3) is 0.391. The number of aryl methyl sites for hydroxylation is 1. The third-order valence-corrected chi connectivity index (χ3v) is 4.80. The number of nitrogens with one attached hydrogen (secondary N) is 1. The lowest BCUT2D eigenvalue weighted by Gasteiger charge is -2.19. The molecule has 2 aromatic rings. The Morgan fingerprint density at radius 1 is 1.10 bits per heavy atom. The molecule has 29 heavy (non-hydrogen) atoms. The van der Waals surface area contributed by atoms with Crippen molar-refractivity contribution in [2.24, 2.45) is 0 Å². The Kier molecular flexibility index (Phi) is 7.11. The summed E-state index contributed by atoms with van der Waals surface area (Å²) in [4.78, 5) is 25.9. The van der Waals surface area contributed by atoms with Gasteiger partial charge in [0, 0.05) is 30.8 Å². The van der Waals surface area contributed by atoms with Gasteiger partial charge in [0.05, 0.1) is 13.2 Å². The van der Waals surface area contributed by atoms with E-state index in [2.05, 4.69) is 5.32 Å². The first-order valence-corrected chi connectivity index (χ1v) is 10.1. The zero-order valence-corrected chi connectivity index (χ0v) is 17.1. The van der Waals surface area contributed by atoms with Gasteiger partial charge in [0.2, 0.25) is 11.8 Å². The predicted octanol–water partition coefficient (Wildman–Crippen LogP) is 4.32. The first kappa shape index (κ1) is 20.7. The summed E-state index contributed by atoms with van der Waals surface area (Å²) in [7, 11) is 0. The van der Waals surface area contributed by atoms with Crippen molar-refractivity contribution in [3.05, 3.63) is 48.0 Å². The van der Waals surface area contributed by atoms with Gasteiger partial charge in [0.15, 0.2) is 0 Å². The predicted molar refractivity (Wildman–Crippen MR) is 114 cm³/mol. The highest BCUT2D eigenvalue weighted by molar-refractivity contribution is 5.97. The highest BCUT2D eigenvalue weighted by atomic mass is 16.5. The number of carbonyl (C=O) groups excluding carboxylic acids is 2. The highest BCUT2D eigenvalue weighted by Crippen LogP contribution is 2.27. The van der Waals surface area contributed by atoms with Crippen LogP contribution in [0.15, 0.2) is 42.5 Å². The van der Waals surface area contributed by atoms with Crippen LogP contribution in [-0.2, 0) is 9.59 Å². The van der Waals surface area contributed by atoms with Crippen molar-refractivity contribution in [2.75, 3.05) is 30.0 Å². The van der Waals surface area contributed by atoms with Crippen molar-refractivity contribution in [3.8, 4) is 11.5 Å². The van der Waals surface area contributed by atoms with Crippen LogP contribution >= 0.6 is 0 Å². The lowest BCUT2D eigenvalue weighted by Crippen LogP contribution is -2.24. The number of nitrogens with zero attached hydrogens (tertiary/aromatic N) is 1. The van der Waals surface area contributed by atoms with Crippen LogP contribution in [0.3, 0.4) is 0 Å². The third kappa shape index (κ3) is 5.73. The van der Waals surface area contributed by atoms with Crippen molar-refractivity contribution >= 4 is 23.2 Å². The van der Waals surface area contributed by atoms with E-state index in [1.54, 1.807) is 0 Å².